The van der Waals surface area contributed by atoms with E-state index in [2.05, 4.69) is 58.3 Å². The first-order valence-corrected chi connectivity index (χ1v) is 8.74. The zero-order valence-electron chi connectivity index (χ0n) is 12.8. The number of nitrogens with one attached hydrogen (secondary N) is 1. The zero-order valence-corrected chi connectivity index (χ0v) is 15.2. The number of hydrogen-bond acceptors (Lipinski definition) is 3. The lowest BCUT2D eigenvalue weighted by atomic mass is 10.1. The number of carbonyl (C=O) groups is 1. The van der Waals surface area contributed by atoms with E-state index in [-0.39, 0.29) is 5.91 Å². The SMILES string of the molecule is Cc1ccc(C)c(-c2cnc(NC(=O)c3cccc(Br)c3)s2)c1. The summed E-state index contributed by atoms with van der Waals surface area (Å²) in [6, 6.07) is 13.6. The summed E-state index contributed by atoms with van der Waals surface area (Å²) in [4.78, 5) is 17.6. The lowest BCUT2D eigenvalue weighted by molar-refractivity contribution is 0.102. The van der Waals surface area contributed by atoms with E-state index in [4.69, 9.17) is 0 Å². The Balaban J connectivity index is 1.82. The van der Waals surface area contributed by atoms with Gasteiger partial charge < -0.3 is 0 Å². The summed E-state index contributed by atoms with van der Waals surface area (Å²) < 4.78 is 0.875. The molecule has 1 aromatic heterocycles. The molecule has 2 aromatic carbocycles. The first-order valence-electron chi connectivity index (χ1n) is 7.13. The Labute approximate surface area is 147 Å². The number of benzene rings is 2. The highest BCUT2D eigenvalue weighted by Crippen LogP contribution is 2.32. The summed E-state index contributed by atoms with van der Waals surface area (Å²) in [7, 11) is 0. The Morgan fingerprint density at radius 2 is 2.00 bits per heavy atom. The molecule has 0 spiro atoms. The summed E-state index contributed by atoms with van der Waals surface area (Å²) in [5.41, 5.74) is 4.16. The van der Waals surface area contributed by atoms with E-state index in [0.29, 0.717) is 10.7 Å². The molecule has 0 radical (unpaired) electrons. The molecule has 0 aliphatic heterocycles. The van der Waals surface area contributed by atoms with Crippen LogP contribution in [-0.2, 0) is 0 Å². The highest BCUT2D eigenvalue weighted by Gasteiger charge is 2.11. The van der Waals surface area contributed by atoms with E-state index in [1.54, 1.807) is 12.1 Å². The largest absolute Gasteiger partial charge is 0.298 e. The van der Waals surface area contributed by atoms with Crippen molar-refractivity contribution >= 4 is 38.3 Å². The number of aryl methyl sites for hydroxylation is 2. The van der Waals surface area contributed by atoms with Gasteiger partial charge in [0.1, 0.15) is 0 Å². The van der Waals surface area contributed by atoms with Crippen LogP contribution in [0.25, 0.3) is 10.4 Å². The first kappa shape index (κ1) is 15.9. The maximum Gasteiger partial charge on any atom is 0.257 e. The molecule has 0 unspecified atom stereocenters. The monoisotopic (exact) mass is 386 g/mol. The van der Waals surface area contributed by atoms with Crippen molar-refractivity contribution < 1.29 is 4.79 Å². The Kier molecular flexibility index (Phi) is 4.59. The molecule has 23 heavy (non-hydrogen) atoms. The average molecular weight is 387 g/mol. The maximum atomic E-state index is 12.3. The third-order valence-electron chi connectivity index (χ3n) is 3.47. The van der Waals surface area contributed by atoms with Gasteiger partial charge in [0, 0.05) is 16.2 Å². The number of nitrogens with zero attached hydrogens (tertiary/aromatic N) is 1. The molecule has 116 valence electrons. The minimum Gasteiger partial charge on any atom is -0.298 e. The minimum absolute atomic E-state index is 0.159. The predicted octanol–water partition coefficient (Wildman–Crippen LogP) is 5.44. The van der Waals surface area contributed by atoms with Crippen LogP contribution in [0, 0.1) is 13.8 Å². The molecule has 5 heteroatoms. The van der Waals surface area contributed by atoms with Gasteiger partial charge in [-0.2, -0.15) is 0 Å². The van der Waals surface area contributed by atoms with Crippen LogP contribution >= 0.6 is 27.3 Å². The standard InChI is InChI=1S/C18H15BrN2OS/c1-11-6-7-12(2)15(8-11)16-10-20-18(23-16)21-17(22)13-4-3-5-14(19)9-13/h3-10H,1-2H3,(H,20,21,22). The van der Waals surface area contributed by atoms with E-state index in [1.807, 2.05) is 18.3 Å². The van der Waals surface area contributed by atoms with Crippen molar-refractivity contribution in [3.05, 3.63) is 69.8 Å². The van der Waals surface area contributed by atoms with Crippen LogP contribution in [0.2, 0.25) is 0 Å². The van der Waals surface area contributed by atoms with Crippen LogP contribution in [0.5, 0.6) is 0 Å². The number of rotatable bonds is 3. The zero-order chi connectivity index (χ0) is 16.4. The second kappa shape index (κ2) is 6.64. The van der Waals surface area contributed by atoms with E-state index in [1.165, 1.54) is 22.5 Å². The topological polar surface area (TPSA) is 42.0 Å². The third kappa shape index (κ3) is 3.68. The smallest absolute Gasteiger partial charge is 0.257 e. The molecule has 0 atom stereocenters. The highest BCUT2D eigenvalue weighted by atomic mass is 79.9. The summed E-state index contributed by atoms with van der Waals surface area (Å²) in [5, 5.41) is 3.46. The van der Waals surface area contributed by atoms with Gasteiger partial charge in [0.2, 0.25) is 0 Å². The van der Waals surface area contributed by atoms with Crippen molar-refractivity contribution in [2.75, 3.05) is 5.32 Å². The van der Waals surface area contributed by atoms with Crippen LogP contribution in [0.3, 0.4) is 0 Å². The van der Waals surface area contributed by atoms with E-state index < -0.39 is 0 Å². The minimum atomic E-state index is -0.159. The molecule has 3 nitrogen and oxygen atoms in total. The highest BCUT2D eigenvalue weighted by molar-refractivity contribution is 9.10. The number of anilines is 1. The molecule has 0 saturated heterocycles. The molecule has 0 saturated carbocycles. The Morgan fingerprint density at radius 1 is 1.17 bits per heavy atom. The summed E-state index contributed by atoms with van der Waals surface area (Å²) in [6.45, 7) is 4.15. The van der Waals surface area contributed by atoms with E-state index in [9.17, 15) is 4.79 Å². The van der Waals surface area contributed by atoms with Crippen molar-refractivity contribution in [2.24, 2.45) is 0 Å². The fourth-order valence-electron chi connectivity index (χ4n) is 2.26. The molecule has 0 aliphatic carbocycles. The van der Waals surface area contributed by atoms with E-state index in [0.717, 1.165) is 14.9 Å². The molecular formula is C18H15BrN2OS. The van der Waals surface area contributed by atoms with Crippen LogP contribution in [0.15, 0.2) is 53.1 Å². The van der Waals surface area contributed by atoms with Crippen LogP contribution in [-0.4, -0.2) is 10.9 Å². The number of halogens is 1. The molecule has 3 rings (SSSR count). The fraction of sp³-hybridized carbons (Fsp3) is 0.111. The summed E-state index contributed by atoms with van der Waals surface area (Å²) in [5.74, 6) is -0.159. The Bertz CT molecular complexity index is 873. The van der Waals surface area contributed by atoms with Crippen molar-refractivity contribution in [1.29, 1.82) is 0 Å². The van der Waals surface area contributed by atoms with Gasteiger partial charge in [-0.15, -0.1) is 0 Å². The second-order valence-electron chi connectivity index (χ2n) is 5.31. The molecular weight excluding hydrogens is 372 g/mol. The van der Waals surface area contributed by atoms with Crippen LogP contribution in [0.1, 0.15) is 21.5 Å². The number of carbonyl (C=O) groups excluding carboxylic acids is 1. The van der Waals surface area contributed by atoms with Crippen molar-refractivity contribution in [3.63, 3.8) is 0 Å². The fourth-order valence-corrected chi connectivity index (χ4v) is 3.55. The number of amides is 1. The Morgan fingerprint density at radius 3 is 2.78 bits per heavy atom. The molecule has 0 bridgehead atoms. The number of hydrogen-bond donors (Lipinski definition) is 1. The summed E-state index contributed by atoms with van der Waals surface area (Å²) >= 11 is 4.85. The molecule has 1 amide bonds. The van der Waals surface area contributed by atoms with Gasteiger partial charge in [0.25, 0.3) is 5.91 Å². The lowest BCUT2D eigenvalue weighted by Crippen LogP contribution is -2.11. The van der Waals surface area contributed by atoms with Crippen LogP contribution < -0.4 is 5.32 Å². The van der Waals surface area contributed by atoms with E-state index >= 15 is 0 Å². The number of aromatic nitrogens is 1. The van der Waals surface area contributed by atoms with Crippen molar-refractivity contribution in [2.45, 2.75) is 13.8 Å². The van der Waals surface area contributed by atoms with Crippen molar-refractivity contribution in [1.82, 2.24) is 4.98 Å². The quantitative estimate of drug-likeness (QED) is 0.650. The molecule has 0 aliphatic rings. The molecule has 3 aromatic rings. The second-order valence-corrected chi connectivity index (χ2v) is 7.26. The van der Waals surface area contributed by atoms with Gasteiger partial charge in [0.15, 0.2) is 5.13 Å². The normalized spacial score (nSPS) is 10.6. The van der Waals surface area contributed by atoms with Crippen LogP contribution in [0.4, 0.5) is 5.13 Å². The van der Waals surface area contributed by atoms with Gasteiger partial charge in [-0.05, 0) is 43.2 Å². The maximum absolute atomic E-state index is 12.3. The lowest BCUT2D eigenvalue weighted by Gasteiger charge is -2.04. The molecule has 1 N–H and O–H groups in total. The van der Waals surface area contributed by atoms with Gasteiger partial charge in [-0.25, -0.2) is 4.98 Å². The first-order chi connectivity index (χ1) is 11.0. The Hall–Kier alpha value is -1.98. The average Bonchev–Trinajstić information content (AvgIpc) is 2.98. The molecule has 1 heterocycles. The third-order valence-corrected chi connectivity index (χ3v) is 4.91. The number of thiazole rings is 1. The molecule has 0 fully saturated rings. The van der Waals surface area contributed by atoms with Gasteiger partial charge in [0.05, 0.1) is 4.88 Å². The van der Waals surface area contributed by atoms with Gasteiger partial charge in [-0.1, -0.05) is 57.1 Å². The van der Waals surface area contributed by atoms with Crippen molar-refractivity contribution in [3.8, 4) is 10.4 Å². The summed E-state index contributed by atoms with van der Waals surface area (Å²) in [6.07, 6.45) is 1.81. The van der Waals surface area contributed by atoms with Gasteiger partial charge >= 0.3 is 0 Å². The predicted molar refractivity (Wildman–Crippen MR) is 99.1 cm³/mol. The van der Waals surface area contributed by atoms with Gasteiger partial charge in [-0.3, -0.25) is 10.1 Å².